The maximum atomic E-state index is 14.7. The van der Waals surface area contributed by atoms with Gasteiger partial charge in [0.05, 0.1) is 6.54 Å². The van der Waals surface area contributed by atoms with E-state index < -0.39 is 5.82 Å². The molecule has 2 aromatic rings. The standard InChI is InChI=1S/C22H29FN4O2/c1-4-10-24-21-20(23)22(26-14-25-21)27-11-9-19(13-27)29-18-7-5-17(6-8-18)15(2)12-16(3)28/h5-8,14-15,19H,4,9-13H2,1-3H3,(H,24,25,26)/t15-,19-/m1/s1. The largest absolute Gasteiger partial charge is 0.489 e. The number of carbonyl (C=O) groups excluding carboxylic acids is 1. The molecule has 1 fully saturated rings. The van der Waals surface area contributed by atoms with Crippen molar-refractivity contribution in [2.45, 2.75) is 52.1 Å². The number of Topliss-reactive ketones (excluding diaryl/α,β-unsaturated/α-hetero) is 1. The van der Waals surface area contributed by atoms with Crippen molar-refractivity contribution in [2.24, 2.45) is 0 Å². The highest BCUT2D eigenvalue weighted by molar-refractivity contribution is 5.76. The SMILES string of the molecule is CCCNc1ncnc(N2CC[C@@H](Oc3ccc([C@H](C)CC(C)=O)cc3)C2)c1F. The fourth-order valence-electron chi connectivity index (χ4n) is 3.58. The van der Waals surface area contributed by atoms with Crippen LogP contribution in [-0.2, 0) is 4.79 Å². The van der Waals surface area contributed by atoms with E-state index in [-0.39, 0.29) is 23.6 Å². The fraction of sp³-hybridized carbons (Fsp3) is 0.500. The van der Waals surface area contributed by atoms with Gasteiger partial charge < -0.3 is 19.7 Å². The number of nitrogens with zero attached hydrogens (tertiary/aromatic N) is 3. The molecule has 2 heterocycles. The van der Waals surface area contributed by atoms with Crippen LogP contribution in [0.15, 0.2) is 30.6 Å². The molecule has 0 radical (unpaired) electrons. The van der Waals surface area contributed by atoms with Crippen LogP contribution in [0.4, 0.5) is 16.0 Å². The third-order valence-corrected chi connectivity index (χ3v) is 5.10. The van der Waals surface area contributed by atoms with Gasteiger partial charge in [-0.05, 0) is 37.0 Å². The van der Waals surface area contributed by atoms with Crippen LogP contribution >= 0.6 is 0 Å². The molecule has 6 nitrogen and oxygen atoms in total. The van der Waals surface area contributed by atoms with Crippen molar-refractivity contribution in [3.63, 3.8) is 0 Å². The summed E-state index contributed by atoms with van der Waals surface area (Å²) in [4.78, 5) is 21.3. The molecule has 1 N–H and O–H groups in total. The number of hydrogen-bond acceptors (Lipinski definition) is 6. The molecule has 1 aromatic carbocycles. The van der Waals surface area contributed by atoms with Crippen molar-refractivity contribution in [1.29, 1.82) is 0 Å². The summed E-state index contributed by atoms with van der Waals surface area (Å²) in [5, 5.41) is 3.00. The molecular weight excluding hydrogens is 371 g/mol. The number of hydrogen-bond donors (Lipinski definition) is 1. The number of carbonyl (C=O) groups is 1. The first-order valence-electron chi connectivity index (χ1n) is 10.2. The Morgan fingerprint density at radius 3 is 2.79 bits per heavy atom. The highest BCUT2D eigenvalue weighted by Crippen LogP contribution is 2.28. The maximum Gasteiger partial charge on any atom is 0.207 e. The second kappa shape index (κ2) is 9.67. The first-order valence-corrected chi connectivity index (χ1v) is 10.2. The number of anilines is 2. The van der Waals surface area contributed by atoms with E-state index >= 15 is 0 Å². The molecule has 0 bridgehead atoms. The average Bonchev–Trinajstić information content (AvgIpc) is 3.15. The Bertz CT molecular complexity index is 828. The van der Waals surface area contributed by atoms with Crippen molar-refractivity contribution < 1.29 is 13.9 Å². The van der Waals surface area contributed by atoms with Gasteiger partial charge in [-0.2, -0.15) is 4.39 Å². The van der Waals surface area contributed by atoms with Gasteiger partial charge >= 0.3 is 0 Å². The summed E-state index contributed by atoms with van der Waals surface area (Å²) in [7, 11) is 0. The summed E-state index contributed by atoms with van der Waals surface area (Å²) in [6.45, 7) is 7.60. The minimum Gasteiger partial charge on any atom is -0.489 e. The van der Waals surface area contributed by atoms with Crippen LogP contribution in [0, 0.1) is 5.82 Å². The van der Waals surface area contributed by atoms with E-state index in [0.29, 0.717) is 31.9 Å². The lowest BCUT2D eigenvalue weighted by molar-refractivity contribution is -0.117. The molecule has 29 heavy (non-hydrogen) atoms. The van der Waals surface area contributed by atoms with Gasteiger partial charge in [-0.3, -0.25) is 0 Å². The van der Waals surface area contributed by atoms with Crippen LogP contribution in [0.1, 0.15) is 51.5 Å². The van der Waals surface area contributed by atoms with E-state index in [9.17, 15) is 9.18 Å². The molecule has 1 aliphatic heterocycles. The van der Waals surface area contributed by atoms with Gasteiger partial charge in [0.15, 0.2) is 11.6 Å². The van der Waals surface area contributed by atoms with E-state index in [2.05, 4.69) is 15.3 Å². The van der Waals surface area contributed by atoms with Gasteiger partial charge in [0.1, 0.15) is 24.0 Å². The minimum absolute atomic E-state index is 0.0306. The van der Waals surface area contributed by atoms with Crippen LogP contribution in [0.2, 0.25) is 0 Å². The van der Waals surface area contributed by atoms with Gasteiger partial charge in [-0.1, -0.05) is 26.0 Å². The number of halogens is 1. The summed E-state index contributed by atoms with van der Waals surface area (Å²) in [5.41, 5.74) is 1.12. The average molecular weight is 400 g/mol. The molecule has 1 aromatic heterocycles. The molecule has 7 heteroatoms. The van der Waals surface area contributed by atoms with Crippen molar-refractivity contribution >= 4 is 17.4 Å². The smallest absolute Gasteiger partial charge is 0.207 e. The Morgan fingerprint density at radius 2 is 2.10 bits per heavy atom. The topological polar surface area (TPSA) is 67.3 Å². The van der Waals surface area contributed by atoms with Crippen molar-refractivity contribution in [2.75, 3.05) is 29.9 Å². The van der Waals surface area contributed by atoms with Crippen LogP contribution in [0.25, 0.3) is 0 Å². The number of ketones is 1. The maximum absolute atomic E-state index is 14.7. The van der Waals surface area contributed by atoms with Gasteiger partial charge in [0.25, 0.3) is 0 Å². The molecule has 0 aliphatic carbocycles. The van der Waals surface area contributed by atoms with E-state index in [1.165, 1.54) is 6.33 Å². The minimum atomic E-state index is -0.412. The quantitative estimate of drug-likeness (QED) is 0.681. The molecule has 0 unspecified atom stereocenters. The lowest BCUT2D eigenvalue weighted by Crippen LogP contribution is -2.26. The lowest BCUT2D eigenvalue weighted by Gasteiger charge is -2.19. The molecule has 2 atom stereocenters. The Morgan fingerprint density at radius 1 is 1.34 bits per heavy atom. The van der Waals surface area contributed by atoms with Gasteiger partial charge in [-0.25, -0.2) is 9.97 Å². The Hall–Kier alpha value is -2.70. The Kier molecular flexibility index (Phi) is 7.01. The van der Waals surface area contributed by atoms with Gasteiger partial charge in [0, 0.05) is 25.9 Å². The third-order valence-electron chi connectivity index (χ3n) is 5.10. The van der Waals surface area contributed by atoms with Gasteiger partial charge in [0.2, 0.25) is 5.82 Å². The Labute approximate surface area is 171 Å². The van der Waals surface area contributed by atoms with Crippen LogP contribution in [-0.4, -0.2) is 41.5 Å². The van der Waals surface area contributed by atoms with Crippen molar-refractivity contribution in [1.82, 2.24) is 9.97 Å². The summed E-state index contributed by atoms with van der Waals surface area (Å²) in [6, 6.07) is 7.89. The van der Waals surface area contributed by atoms with E-state index in [4.69, 9.17) is 4.74 Å². The zero-order valence-corrected chi connectivity index (χ0v) is 17.3. The van der Waals surface area contributed by atoms with Crippen molar-refractivity contribution in [3.8, 4) is 5.75 Å². The van der Waals surface area contributed by atoms with E-state index in [1.807, 2.05) is 43.0 Å². The summed E-state index contributed by atoms with van der Waals surface area (Å²) >= 11 is 0. The molecule has 1 aliphatic rings. The number of ether oxygens (including phenoxy) is 1. The molecular formula is C22H29FN4O2. The second-order valence-electron chi connectivity index (χ2n) is 7.64. The third kappa shape index (κ3) is 5.43. The monoisotopic (exact) mass is 400 g/mol. The lowest BCUT2D eigenvalue weighted by atomic mass is 9.96. The summed E-state index contributed by atoms with van der Waals surface area (Å²) in [6.07, 6.45) is 3.59. The van der Waals surface area contributed by atoms with Gasteiger partial charge in [-0.15, -0.1) is 0 Å². The number of rotatable bonds is 9. The highest BCUT2D eigenvalue weighted by atomic mass is 19.1. The first kappa shape index (κ1) is 21.0. The number of aromatic nitrogens is 2. The summed E-state index contributed by atoms with van der Waals surface area (Å²) in [5.74, 6) is 1.32. The normalized spacial score (nSPS) is 17.2. The van der Waals surface area contributed by atoms with Crippen LogP contribution < -0.4 is 15.0 Å². The molecule has 3 rings (SSSR count). The van der Waals surface area contributed by atoms with Crippen LogP contribution in [0.3, 0.4) is 0 Å². The summed E-state index contributed by atoms with van der Waals surface area (Å²) < 4.78 is 20.8. The number of benzene rings is 1. The number of nitrogens with one attached hydrogen (secondary N) is 1. The molecule has 156 valence electrons. The molecule has 0 amide bonds. The van der Waals surface area contributed by atoms with E-state index in [1.54, 1.807) is 6.92 Å². The fourth-order valence-corrected chi connectivity index (χ4v) is 3.58. The van der Waals surface area contributed by atoms with Crippen molar-refractivity contribution in [3.05, 3.63) is 42.0 Å². The zero-order chi connectivity index (χ0) is 20.8. The predicted molar refractivity (Wildman–Crippen MR) is 112 cm³/mol. The highest BCUT2D eigenvalue weighted by Gasteiger charge is 2.28. The molecule has 0 saturated carbocycles. The van der Waals surface area contributed by atoms with E-state index in [0.717, 1.165) is 24.2 Å². The molecule has 0 spiro atoms. The zero-order valence-electron chi connectivity index (χ0n) is 17.3. The van der Waals surface area contributed by atoms with Crippen LogP contribution in [0.5, 0.6) is 5.75 Å². The molecule has 1 saturated heterocycles. The first-order chi connectivity index (χ1) is 14.0. The Balaban J connectivity index is 1.60. The second-order valence-corrected chi connectivity index (χ2v) is 7.64. The predicted octanol–water partition coefficient (Wildman–Crippen LogP) is 4.18.